The molecule has 7 nitrogen and oxygen atoms in total. The van der Waals surface area contributed by atoms with Crippen molar-refractivity contribution in [3.63, 3.8) is 0 Å². The number of hydrogen-bond acceptors (Lipinski definition) is 6. The maximum absolute atomic E-state index is 12.5. The number of nitrogens with zero attached hydrogens (tertiary/aromatic N) is 1. The molecule has 2 aromatic heterocycles. The third kappa shape index (κ3) is 4.01. The number of carbonyl (C=O) groups is 1. The first-order valence-corrected chi connectivity index (χ1v) is 11.1. The number of amides is 1. The minimum Gasteiger partial charge on any atom is -0.466 e. The Morgan fingerprint density at radius 3 is 2.69 bits per heavy atom. The molecule has 0 spiro atoms. The van der Waals surface area contributed by atoms with Gasteiger partial charge in [0.25, 0.3) is 0 Å². The van der Waals surface area contributed by atoms with E-state index in [1.165, 1.54) is 28.2 Å². The van der Waals surface area contributed by atoms with Gasteiger partial charge in [-0.25, -0.2) is 12.7 Å². The van der Waals surface area contributed by atoms with E-state index in [0.29, 0.717) is 37.3 Å². The molecule has 0 radical (unpaired) electrons. The van der Waals surface area contributed by atoms with Gasteiger partial charge in [-0.05, 0) is 41.8 Å². The Kier molecular flexibility index (Phi) is 5.52. The largest absolute Gasteiger partial charge is 0.466 e. The van der Waals surface area contributed by atoms with Crippen LogP contribution in [0.3, 0.4) is 0 Å². The lowest BCUT2D eigenvalue weighted by atomic mass is 9.92. The van der Waals surface area contributed by atoms with Crippen LogP contribution in [0, 0.1) is 5.92 Å². The summed E-state index contributed by atoms with van der Waals surface area (Å²) in [7, 11) is -3.22. The summed E-state index contributed by atoms with van der Waals surface area (Å²) >= 11 is 1.45. The lowest BCUT2D eigenvalue weighted by Gasteiger charge is -2.31. The average molecular weight is 399 g/mol. The minimum absolute atomic E-state index is 0.0115. The molecule has 0 bridgehead atoms. The zero-order valence-corrected chi connectivity index (χ0v) is 16.1. The normalized spacial score (nSPS) is 19.2. The van der Waals surface area contributed by atoms with Gasteiger partial charge in [0, 0.05) is 24.6 Å². The van der Waals surface area contributed by atoms with Crippen molar-refractivity contribution in [2.75, 3.05) is 25.9 Å². The molecule has 3 rings (SSSR count). The number of sulfonamides is 1. The van der Waals surface area contributed by atoms with Crippen LogP contribution in [0.4, 0.5) is 0 Å². The summed E-state index contributed by atoms with van der Waals surface area (Å²) in [4.78, 5) is 12.5. The van der Waals surface area contributed by atoms with Crippen LogP contribution in [0.2, 0.25) is 0 Å². The molecule has 1 atom stereocenters. The number of aliphatic hydroxyl groups is 1. The number of rotatable bonds is 6. The maximum Gasteiger partial charge on any atom is 0.223 e. The highest BCUT2D eigenvalue weighted by Crippen LogP contribution is 2.31. The first-order valence-electron chi connectivity index (χ1n) is 8.32. The highest BCUT2D eigenvalue weighted by Gasteiger charge is 2.37. The molecule has 0 saturated carbocycles. The van der Waals surface area contributed by atoms with E-state index in [4.69, 9.17) is 4.42 Å². The molecule has 1 aliphatic heterocycles. The quantitative estimate of drug-likeness (QED) is 0.765. The van der Waals surface area contributed by atoms with Crippen LogP contribution >= 0.6 is 11.3 Å². The molecule has 2 aromatic rings. The molecule has 2 N–H and O–H groups in total. The molecule has 26 heavy (non-hydrogen) atoms. The van der Waals surface area contributed by atoms with Gasteiger partial charge in [0.2, 0.25) is 15.9 Å². The fraction of sp³-hybridized carbons (Fsp3) is 0.471. The van der Waals surface area contributed by atoms with Gasteiger partial charge in [-0.3, -0.25) is 4.79 Å². The van der Waals surface area contributed by atoms with E-state index < -0.39 is 15.6 Å². The summed E-state index contributed by atoms with van der Waals surface area (Å²) in [5.41, 5.74) is -0.781. The molecule has 1 saturated heterocycles. The van der Waals surface area contributed by atoms with Crippen LogP contribution in [0.25, 0.3) is 0 Å². The molecular formula is C17H22N2O5S2. The Labute approximate surface area is 156 Å². The predicted octanol–water partition coefficient (Wildman–Crippen LogP) is 1.36. The van der Waals surface area contributed by atoms with Gasteiger partial charge in [-0.15, -0.1) is 0 Å². The second-order valence-electron chi connectivity index (χ2n) is 6.50. The molecule has 3 heterocycles. The summed E-state index contributed by atoms with van der Waals surface area (Å²) < 4.78 is 29.9. The third-order valence-corrected chi connectivity index (χ3v) is 6.73. The molecule has 142 valence electrons. The van der Waals surface area contributed by atoms with Gasteiger partial charge in [0.1, 0.15) is 5.76 Å². The molecular weight excluding hydrogens is 376 g/mol. The van der Waals surface area contributed by atoms with E-state index in [0.717, 1.165) is 0 Å². The van der Waals surface area contributed by atoms with Crippen molar-refractivity contribution < 1.29 is 22.7 Å². The topological polar surface area (TPSA) is 99.9 Å². The Hall–Kier alpha value is -1.68. The lowest BCUT2D eigenvalue weighted by Crippen LogP contribution is -2.46. The summed E-state index contributed by atoms with van der Waals surface area (Å²) in [5, 5.41) is 17.6. The van der Waals surface area contributed by atoms with Gasteiger partial charge in [-0.2, -0.15) is 11.3 Å². The van der Waals surface area contributed by atoms with Crippen LogP contribution in [0.5, 0.6) is 0 Å². The van der Waals surface area contributed by atoms with Crippen molar-refractivity contribution in [3.05, 3.63) is 46.5 Å². The molecule has 1 aliphatic rings. The van der Waals surface area contributed by atoms with Crippen molar-refractivity contribution in [2.24, 2.45) is 5.92 Å². The molecule has 9 heteroatoms. The van der Waals surface area contributed by atoms with Crippen molar-refractivity contribution in [1.29, 1.82) is 0 Å². The number of hydrogen-bond donors (Lipinski definition) is 2. The summed E-state index contributed by atoms with van der Waals surface area (Å²) in [6, 6.07) is 5.16. The monoisotopic (exact) mass is 398 g/mol. The van der Waals surface area contributed by atoms with E-state index in [1.54, 1.807) is 18.2 Å². The van der Waals surface area contributed by atoms with Crippen molar-refractivity contribution in [2.45, 2.75) is 18.4 Å². The van der Waals surface area contributed by atoms with Gasteiger partial charge in [0.15, 0.2) is 5.60 Å². The van der Waals surface area contributed by atoms with Crippen molar-refractivity contribution in [1.82, 2.24) is 9.62 Å². The SMILES string of the molecule is CS(=O)(=O)N1CCC(C(=O)NCC(O)(c2ccsc2)c2ccco2)CC1. The fourth-order valence-electron chi connectivity index (χ4n) is 3.15. The van der Waals surface area contributed by atoms with Crippen molar-refractivity contribution in [3.8, 4) is 0 Å². The second kappa shape index (κ2) is 7.51. The molecule has 1 unspecified atom stereocenters. The van der Waals surface area contributed by atoms with E-state index in [1.807, 2.05) is 10.8 Å². The Bertz CT molecular complexity index is 788. The van der Waals surface area contributed by atoms with Crippen LogP contribution < -0.4 is 5.32 Å². The van der Waals surface area contributed by atoms with Gasteiger partial charge < -0.3 is 14.8 Å². The highest BCUT2D eigenvalue weighted by atomic mass is 32.2. The third-order valence-electron chi connectivity index (χ3n) is 4.74. The van der Waals surface area contributed by atoms with Gasteiger partial charge >= 0.3 is 0 Å². The van der Waals surface area contributed by atoms with Crippen LogP contribution in [0.1, 0.15) is 24.2 Å². The number of nitrogens with one attached hydrogen (secondary N) is 1. The summed E-state index contributed by atoms with van der Waals surface area (Å²) in [5.74, 6) is -0.0854. The van der Waals surface area contributed by atoms with Crippen LogP contribution in [-0.4, -0.2) is 49.6 Å². The minimum atomic E-state index is -3.22. The van der Waals surface area contributed by atoms with Crippen LogP contribution in [-0.2, 0) is 20.4 Å². The number of thiophene rings is 1. The zero-order valence-electron chi connectivity index (χ0n) is 14.4. The maximum atomic E-state index is 12.5. The zero-order chi connectivity index (χ0) is 18.8. The van der Waals surface area contributed by atoms with Gasteiger partial charge in [-0.1, -0.05) is 0 Å². The predicted molar refractivity (Wildman–Crippen MR) is 98.2 cm³/mol. The second-order valence-corrected chi connectivity index (χ2v) is 9.27. The first kappa shape index (κ1) is 19.1. The number of piperidine rings is 1. The smallest absolute Gasteiger partial charge is 0.223 e. The Morgan fingerprint density at radius 2 is 2.15 bits per heavy atom. The van der Waals surface area contributed by atoms with Crippen LogP contribution in [0.15, 0.2) is 39.6 Å². The van der Waals surface area contributed by atoms with E-state index in [2.05, 4.69) is 5.32 Å². The van der Waals surface area contributed by atoms with E-state index in [9.17, 15) is 18.3 Å². The Morgan fingerprint density at radius 1 is 1.42 bits per heavy atom. The standard InChI is InChI=1S/C17H22N2O5S2/c1-26(22,23)19-7-4-13(5-8-19)16(20)18-12-17(21,14-6-10-25-11-14)15-3-2-9-24-15/h2-3,6,9-11,13,21H,4-5,7-8,12H2,1H3,(H,18,20). The fourth-order valence-corrected chi connectivity index (χ4v) is 4.75. The number of furan rings is 1. The van der Waals surface area contributed by atoms with E-state index in [-0.39, 0.29) is 18.4 Å². The lowest BCUT2D eigenvalue weighted by molar-refractivity contribution is -0.127. The molecule has 0 aromatic carbocycles. The Balaban J connectivity index is 1.64. The van der Waals surface area contributed by atoms with Crippen molar-refractivity contribution >= 4 is 27.3 Å². The molecule has 1 amide bonds. The number of carbonyl (C=O) groups excluding carboxylic acids is 1. The molecule has 0 aliphatic carbocycles. The first-order chi connectivity index (χ1) is 12.3. The van der Waals surface area contributed by atoms with Gasteiger partial charge in [0.05, 0.1) is 19.1 Å². The van der Waals surface area contributed by atoms with E-state index >= 15 is 0 Å². The highest BCUT2D eigenvalue weighted by molar-refractivity contribution is 7.88. The summed E-state index contributed by atoms with van der Waals surface area (Å²) in [6.07, 6.45) is 3.60. The average Bonchev–Trinajstić information content (AvgIpc) is 3.32. The molecule has 1 fully saturated rings. The summed E-state index contributed by atoms with van der Waals surface area (Å²) in [6.45, 7) is 0.663.